The van der Waals surface area contributed by atoms with Crippen LogP contribution in [0.25, 0.3) is 0 Å². The third kappa shape index (κ3) is 11.8. The highest BCUT2D eigenvalue weighted by Gasteiger charge is 2.32. The molecule has 1 fully saturated rings. The van der Waals surface area contributed by atoms with Gasteiger partial charge in [-0.15, -0.1) is 5.06 Å². The van der Waals surface area contributed by atoms with E-state index in [0.29, 0.717) is 44.2 Å². The highest BCUT2D eigenvalue weighted by atomic mass is 16.7. The molecule has 1 saturated heterocycles. The van der Waals surface area contributed by atoms with Gasteiger partial charge in [-0.1, -0.05) is 6.42 Å². The molecule has 164 valence electrons. The van der Waals surface area contributed by atoms with Crippen LogP contribution in [0, 0.1) is 0 Å². The monoisotopic (exact) mass is 415 g/mol. The molecule has 1 heterocycles. The summed E-state index contributed by atoms with van der Waals surface area (Å²) in [7, 11) is 0. The highest BCUT2D eigenvalue weighted by molar-refractivity contribution is 6.01. The van der Waals surface area contributed by atoms with Gasteiger partial charge in [0.1, 0.15) is 0 Å². The van der Waals surface area contributed by atoms with Gasteiger partial charge in [-0.3, -0.25) is 19.2 Å². The Labute approximate surface area is 169 Å². The maximum Gasteiger partial charge on any atom is 0.335 e. The topological polar surface area (TPSA) is 140 Å². The zero-order chi connectivity index (χ0) is 21.3. The first-order chi connectivity index (χ1) is 14.0. The lowest BCUT2D eigenvalue weighted by Gasteiger charge is -2.12. The van der Waals surface area contributed by atoms with Crippen molar-refractivity contribution in [2.24, 2.45) is 0 Å². The molecular formula is C18H29N3O8. The maximum absolute atomic E-state index is 11.6. The summed E-state index contributed by atoms with van der Waals surface area (Å²) in [4.78, 5) is 60.5. The van der Waals surface area contributed by atoms with Crippen molar-refractivity contribution in [3.63, 3.8) is 0 Å². The van der Waals surface area contributed by atoms with E-state index in [2.05, 4.69) is 10.6 Å². The van der Waals surface area contributed by atoms with Crippen molar-refractivity contribution in [2.45, 2.75) is 44.9 Å². The Balaban J connectivity index is 1.86. The summed E-state index contributed by atoms with van der Waals surface area (Å²) in [6.45, 7) is 2.02. The first-order valence-corrected chi connectivity index (χ1v) is 9.70. The van der Waals surface area contributed by atoms with Crippen molar-refractivity contribution >= 4 is 30.1 Å². The molecule has 4 amide bonds. The highest BCUT2D eigenvalue weighted by Crippen LogP contribution is 2.12. The molecule has 0 aromatic heterocycles. The number of nitrogens with zero attached hydrogens (tertiary/aromatic N) is 1. The summed E-state index contributed by atoms with van der Waals surface area (Å²) in [6.07, 6.45) is 3.62. The molecule has 0 radical (unpaired) electrons. The number of hydrogen-bond acceptors (Lipinski definition) is 8. The molecule has 0 aliphatic carbocycles. The van der Waals surface area contributed by atoms with Crippen LogP contribution in [-0.4, -0.2) is 74.7 Å². The number of nitrogens with one attached hydrogen (secondary N) is 2. The van der Waals surface area contributed by atoms with E-state index >= 15 is 0 Å². The number of unbranched alkanes of at least 4 members (excludes halogenated alkanes) is 2. The summed E-state index contributed by atoms with van der Waals surface area (Å²) in [5.74, 6) is -1.78. The Kier molecular flexibility index (Phi) is 13.0. The van der Waals surface area contributed by atoms with E-state index in [1.165, 1.54) is 0 Å². The molecule has 2 N–H and O–H groups in total. The van der Waals surface area contributed by atoms with Gasteiger partial charge in [0.2, 0.25) is 12.3 Å². The number of amides is 4. The van der Waals surface area contributed by atoms with E-state index in [4.69, 9.17) is 14.3 Å². The average molecular weight is 415 g/mol. The van der Waals surface area contributed by atoms with Gasteiger partial charge in [0.15, 0.2) is 0 Å². The molecule has 11 heteroatoms. The van der Waals surface area contributed by atoms with Gasteiger partial charge >= 0.3 is 5.97 Å². The van der Waals surface area contributed by atoms with E-state index < -0.39 is 17.8 Å². The molecule has 0 aromatic carbocycles. The Morgan fingerprint density at radius 1 is 0.897 bits per heavy atom. The van der Waals surface area contributed by atoms with E-state index in [1.807, 2.05) is 0 Å². The first kappa shape index (κ1) is 24.5. The Morgan fingerprint density at radius 3 is 2.28 bits per heavy atom. The van der Waals surface area contributed by atoms with Gasteiger partial charge < -0.3 is 24.9 Å². The van der Waals surface area contributed by atoms with Crippen molar-refractivity contribution in [3.8, 4) is 0 Å². The molecule has 0 unspecified atom stereocenters. The van der Waals surface area contributed by atoms with E-state index in [9.17, 15) is 24.0 Å². The molecule has 0 atom stereocenters. The van der Waals surface area contributed by atoms with Gasteiger partial charge in [-0.25, -0.2) is 4.79 Å². The number of hydrogen-bond donors (Lipinski definition) is 2. The molecule has 0 spiro atoms. The van der Waals surface area contributed by atoms with Crippen LogP contribution in [0.5, 0.6) is 0 Å². The van der Waals surface area contributed by atoms with Crippen LogP contribution < -0.4 is 10.6 Å². The SMILES string of the molecule is O=CNCCCCCC(=O)NCCOCCOCCC(=O)ON1C(=O)CCC1=O. The van der Waals surface area contributed by atoms with E-state index in [1.54, 1.807) is 0 Å². The van der Waals surface area contributed by atoms with Gasteiger partial charge in [-0.05, 0) is 12.8 Å². The summed E-state index contributed by atoms with van der Waals surface area (Å²) in [5.41, 5.74) is 0. The number of carbonyl (C=O) groups excluding carboxylic acids is 5. The molecule has 0 bridgehead atoms. The molecule has 29 heavy (non-hydrogen) atoms. The molecule has 1 rings (SSSR count). The fourth-order valence-electron chi connectivity index (χ4n) is 2.38. The Morgan fingerprint density at radius 2 is 1.59 bits per heavy atom. The lowest BCUT2D eigenvalue weighted by molar-refractivity contribution is -0.198. The second-order valence-corrected chi connectivity index (χ2v) is 6.25. The van der Waals surface area contributed by atoms with Crippen LogP contribution >= 0.6 is 0 Å². The van der Waals surface area contributed by atoms with Gasteiger partial charge in [0, 0.05) is 32.4 Å². The Hall–Kier alpha value is -2.53. The van der Waals surface area contributed by atoms with E-state index in [-0.39, 0.29) is 38.4 Å². The lowest BCUT2D eigenvalue weighted by Crippen LogP contribution is -2.32. The van der Waals surface area contributed by atoms with Crippen LogP contribution in [0.2, 0.25) is 0 Å². The predicted octanol–water partition coefficient (Wildman–Crippen LogP) is -0.560. The van der Waals surface area contributed by atoms with Crippen molar-refractivity contribution in [1.82, 2.24) is 15.7 Å². The molecule has 1 aliphatic rings. The van der Waals surface area contributed by atoms with Gasteiger partial charge in [-0.2, -0.15) is 0 Å². The largest absolute Gasteiger partial charge is 0.378 e. The molecule has 11 nitrogen and oxygen atoms in total. The van der Waals surface area contributed by atoms with Gasteiger partial charge in [0.25, 0.3) is 11.8 Å². The third-order valence-electron chi connectivity index (χ3n) is 3.90. The molecular weight excluding hydrogens is 386 g/mol. The number of ether oxygens (including phenoxy) is 2. The lowest BCUT2D eigenvalue weighted by atomic mass is 10.2. The predicted molar refractivity (Wildman–Crippen MR) is 99.0 cm³/mol. The standard InChI is InChI=1S/C18H29N3O8/c22-14-19-8-3-1-2-4-15(23)20-9-11-28-13-12-27-10-7-18(26)29-21-16(24)5-6-17(21)25/h14H,1-13H2,(H,19,22)(H,20,23). The number of rotatable bonds is 17. The normalized spacial score (nSPS) is 13.4. The quantitative estimate of drug-likeness (QED) is 0.183. The van der Waals surface area contributed by atoms with Crippen molar-refractivity contribution in [1.29, 1.82) is 0 Å². The summed E-state index contributed by atoms with van der Waals surface area (Å²) in [6, 6.07) is 0. The summed E-state index contributed by atoms with van der Waals surface area (Å²) in [5, 5.41) is 5.82. The fourth-order valence-corrected chi connectivity index (χ4v) is 2.38. The number of imide groups is 1. The van der Waals surface area contributed by atoms with Crippen molar-refractivity contribution < 1.29 is 38.3 Å². The zero-order valence-corrected chi connectivity index (χ0v) is 16.5. The Bertz CT molecular complexity index is 539. The summed E-state index contributed by atoms with van der Waals surface area (Å²) < 4.78 is 10.5. The second-order valence-electron chi connectivity index (χ2n) is 6.25. The first-order valence-electron chi connectivity index (χ1n) is 9.70. The van der Waals surface area contributed by atoms with Crippen LogP contribution in [0.4, 0.5) is 0 Å². The van der Waals surface area contributed by atoms with Crippen LogP contribution in [-0.2, 0) is 38.3 Å². The minimum Gasteiger partial charge on any atom is -0.378 e. The average Bonchev–Trinajstić information content (AvgIpc) is 3.01. The van der Waals surface area contributed by atoms with E-state index in [0.717, 1.165) is 19.3 Å². The second kappa shape index (κ2) is 15.4. The minimum atomic E-state index is -0.711. The molecule has 0 saturated carbocycles. The van der Waals surface area contributed by atoms with Gasteiger partial charge in [0.05, 0.1) is 32.8 Å². The minimum absolute atomic E-state index is 0.0401. The van der Waals surface area contributed by atoms with Crippen LogP contribution in [0.15, 0.2) is 0 Å². The zero-order valence-electron chi connectivity index (χ0n) is 16.5. The van der Waals surface area contributed by atoms with Crippen LogP contribution in [0.3, 0.4) is 0 Å². The smallest absolute Gasteiger partial charge is 0.335 e. The number of carbonyl (C=O) groups is 5. The fraction of sp³-hybridized carbons (Fsp3) is 0.722. The molecule has 0 aromatic rings. The van der Waals surface area contributed by atoms with Crippen molar-refractivity contribution in [3.05, 3.63) is 0 Å². The number of hydroxylamine groups is 2. The summed E-state index contributed by atoms with van der Waals surface area (Å²) >= 11 is 0. The third-order valence-corrected chi connectivity index (χ3v) is 3.90. The van der Waals surface area contributed by atoms with Crippen LogP contribution in [0.1, 0.15) is 44.9 Å². The van der Waals surface area contributed by atoms with Crippen molar-refractivity contribution in [2.75, 3.05) is 39.5 Å². The molecule has 1 aliphatic heterocycles. The maximum atomic E-state index is 11.6.